The van der Waals surface area contributed by atoms with Crippen LogP contribution >= 0.6 is 0 Å². The van der Waals surface area contributed by atoms with E-state index in [1.165, 1.54) is 27.8 Å². The zero-order valence-corrected chi connectivity index (χ0v) is 48.2. The molecule has 3 heterocycles. The second-order valence-electron chi connectivity index (χ2n) is 22.6. The molecule has 13 aromatic rings. The first-order chi connectivity index (χ1) is 38.4. The molecule has 0 radical (unpaired) electrons. The van der Waals surface area contributed by atoms with Gasteiger partial charge in [-0.2, -0.15) is 0 Å². The maximum absolute atomic E-state index is 12.8. The number of aromatic nitrogens is 3. The minimum absolute atomic E-state index is 0. The van der Waals surface area contributed by atoms with Crippen molar-refractivity contribution in [3.05, 3.63) is 241 Å². The molecule has 0 amide bonds. The fraction of sp³-hybridized carbons (Fsp3) is 0.135. The van der Waals surface area contributed by atoms with Gasteiger partial charge in [-0.3, -0.25) is 9.55 Å². The van der Waals surface area contributed by atoms with E-state index >= 15 is 0 Å². The summed E-state index contributed by atoms with van der Waals surface area (Å²) in [4.78, 5) is 10.8. The van der Waals surface area contributed by atoms with Gasteiger partial charge in [-0.25, -0.2) is 4.98 Å². The smallest absolute Gasteiger partial charge is 0.148 e. The van der Waals surface area contributed by atoms with Crippen molar-refractivity contribution in [2.45, 2.75) is 65.7 Å². The van der Waals surface area contributed by atoms with Crippen LogP contribution in [0.1, 0.15) is 77.0 Å². The van der Waals surface area contributed by atoms with E-state index in [-0.39, 0.29) is 44.1 Å². The third-order valence-electron chi connectivity index (χ3n) is 15.7. The normalized spacial score (nSPS) is 11.9. The van der Waals surface area contributed by atoms with Crippen LogP contribution in [0.5, 0.6) is 5.75 Å². The predicted octanol–water partition coefficient (Wildman–Crippen LogP) is 20.2. The molecule has 0 saturated heterocycles. The molecule has 1 N–H and O–H groups in total. The summed E-state index contributed by atoms with van der Waals surface area (Å²) >= 11 is 0. The Morgan fingerprint density at radius 3 is 1.81 bits per heavy atom. The molecular weight excluding hydrogens is 1160 g/mol. The predicted molar refractivity (Wildman–Crippen MR) is 329 cm³/mol. The largest absolute Gasteiger partial charge is 0.507 e. The van der Waals surface area contributed by atoms with E-state index in [2.05, 4.69) is 259 Å². The van der Waals surface area contributed by atoms with E-state index in [0.29, 0.717) is 11.4 Å². The maximum atomic E-state index is 12.8. The van der Waals surface area contributed by atoms with Gasteiger partial charge in [0, 0.05) is 54.7 Å². The number of hydrogen-bond donors (Lipinski definition) is 1. The molecule has 0 saturated carbocycles. The fourth-order valence-electron chi connectivity index (χ4n) is 11.6. The van der Waals surface area contributed by atoms with Crippen molar-refractivity contribution in [2.75, 3.05) is 0 Å². The van der Waals surface area contributed by atoms with Gasteiger partial charge in [-0.1, -0.05) is 211 Å². The Bertz CT molecular complexity index is 4440. The van der Waals surface area contributed by atoms with Crippen LogP contribution in [0.2, 0.25) is 0 Å². The van der Waals surface area contributed by atoms with E-state index in [4.69, 9.17) is 14.4 Å². The van der Waals surface area contributed by atoms with E-state index in [1.54, 1.807) is 0 Å². The van der Waals surface area contributed by atoms with Crippen LogP contribution in [0.25, 0.3) is 128 Å². The summed E-state index contributed by atoms with van der Waals surface area (Å²) in [7, 11) is 0. The van der Waals surface area contributed by atoms with E-state index in [0.717, 1.165) is 105 Å². The zero-order chi connectivity index (χ0) is 54.1. The van der Waals surface area contributed by atoms with Gasteiger partial charge in [0.1, 0.15) is 22.7 Å². The molecule has 80 heavy (non-hydrogen) atoms. The molecule has 13 rings (SSSR count). The van der Waals surface area contributed by atoms with Crippen LogP contribution < -0.4 is 0 Å². The molecule has 0 fully saturated rings. The Morgan fingerprint density at radius 2 is 1.15 bits per heavy atom. The molecule has 0 aliphatic rings. The Labute approximate surface area is 482 Å². The van der Waals surface area contributed by atoms with Crippen molar-refractivity contribution in [1.82, 2.24) is 14.5 Å². The number of benzene rings is 10. The molecule has 0 unspecified atom stereocenters. The number of pyridine rings is 1. The second kappa shape index (κ2) is 20.9. The van der Waals surface area contributed by atoms with Crippen LogP contribution in [0.3, 0.4) is 0 Å². The number of fused-ring (bicyclic) bond motifs is 6. The van der Waals surface area contributed by atoms with Crippen LogP contribution in [0, 0.1) is 6.07 Å². The number of aromatic hydroxyl groups is 1. The quantitative estimate of drug-likeness (QED) is 0.139. The molecule has 6 heteroatoms. The first kappa shape index (κ1) is 52.1. The zero-order valence-electron chi connectivity index (χ0n) is 46.0. The SMILES string of the molecule is CC(C)c1cc(-c2ccccc2)cc(C(C)C)c1-c1ccc(-c2nc3c(-c4[c-]c(-c5cc6oc7c8ccccc8ccc7c6cn5)ccc4)cc(-c4ccccc4)cc3n2-c2ccc(C(C)(C)C)cc2-c2ccccc2)c(O)c1.[Pt]. The Morgan fingerprint density at radius 1 is 0.512 bits per heavy atom. The number of rotatable bonds is 10. The summed E-state index contributed by atoms with van der Waals surface area (Å²) in [5.41, 5.74) is 20.6. The van der Waals surface area contributed by atoms with E-state index in [9.17, 15) is 5.11 Å². The van der Waals surface area contributed by atoms with Crippen molar-refractivity contribution in [3.8, 4) is 89.7 Å². The first-order valence-electron chi connectivity index (χ1n) is 27.5. The third kappa shape index (κ3) is 9.34. The van der Waals surface area contributed by atoms with Gasteiger partial charge in [0.2, 0.25) is 0 Å². The standard InChI is InChI=1S/C74H60N3O2.Pt/c1-45(2)60-37-54(47-20-11-8-12-21-47)38-61(46(3)4)70(60)53-31-34-59(68(78)41-53)73-76-71-63(51-27-19-28-52(36-51)65-43-69-64(44-75-65)58-33-30-50-26-17-18-29-57(50)72(58)79-69)39-55(48-22-13-9-14-23-48)40-67(71)77(73)66-35-32-56(74(5,6)7)42-62(66)49-24-15-10-16-25-49;/h8-35,37-46,78H,1-7H3;/q-1;. The molecule has 0 spiro atoms. The topological polar surface area (TPSA) is 64.1 Å². The van der Waals surface area contributed by atoms with Gasteiger partial charge in [0.05, 0.1) is 22.3 Å². The van der Waals surface area contributed by atoms with Gasteiger partial charge in [-0.05, 0) is 121 Å². The summed E-state index contributed by atoms with van der Waals surface area (Å²) in [6.07, 6.45) is 1.92. The van der Waals surface area contributed by atoms with Crippen molar-refractivity contribution >= 4 is 43.7 Å². The van der Waals surface area contributed by atoms with Crippen molar-refractivity contribution in [3.63, 3.8) is 0 Å². The van der Waals surface area contributed by atoms with Crippen LogP contribution in [0.4, 0.5) is 0 Å². The van der Waals surface area contributed by atoms with Crippen LogP contribution in [-0.4, -0.2) is 19.6 Å². The minimum atomic E-state index is -0.119. The Balaban J connectivity index is 0.00000637. The average Bonchev–Trinajstić information content (AvgIpc) is 4.11. The Kier molecular flexibility index (Phi) is 13.6. The van der Waals surface area contributed by atoms with Gasteiger partial charge in [0.25, 0.3) is 0 Å². The van der Waals surface area contributed by atoms with Gasteiger partial charge >= 0.3 is 0 Å². The maximum Gasteiger partial charge on any atom is 0.148 e. The molecule has 3 aromatic heterocycles. The summed E-state index contributed by atoms with van der Waals surface area (Å²) in [5.74, 6) is 1.23. The molecule has 0 aliphatic heterocycles. The summed E-state index contributed by atoms with van der Waals surface area (Å²) in [5, 5.41) is 17.0. The van der Waals surface area contributed by atoms with Gasteiger partial charge in [0.15, 0.2) is 0 Å². The number of phenolic OH excluding ortho intramolecular Hbond substituents is 1. The van der Waals surface area contributed by atoms with Crippen LogP contribution in [-0.2, 0) is 26.5 Å². The number of imidazole rings is 1. The van der Waals surface area contributed by atoms with Crippen molar-refractivity contribution in [2.24, 2.45) is 0 Å². The molecule has 0 atom stereocenters. The average molecular weight is 1220 g/mol. The molecule has 5 nitrogen and oxygen atoms in total. The summed E-state index contributed by atoms with van der Waals surface area (Å²) in [6.45, 7) is 15.8. The minimum Gasteiger partial charge on any atom is -0.507 e. The van der Waals surface area contributed by atoms with Crippen molar-refractivity contribution < 1.29 is 30.6 Å². The summed E-state index contributed by atoms with van der Waals surface area (Å²) < 4.78 is 8.91. The Hall–Kier alpha value is -8.63. The van der Waals surface area contributed by atoms with Gasteiger partial charge in [-0.15, -0.1) is 29.8 Å². The molecular formula is C74H60N3O2Pt-. The van der Waals surface area contributed by atoms with Crippen LogP contribution in [0.15, 0.2) is 223 Å². The number of hydrogen-bond acceptors (Lipinski definition) is 4. The molecule has 394 valence electrons. The summed E-state index contributed by atoms with van der Waals surface area (Å²) in [6, 6.07) is 78.7. The fourth-order valence-corrected chi connectivity index (χ4v) is 11.6. The third-order valence-corrected chi connectivity index (χ3v) is 15.7. The number of furan rings is 1. The molecule has 0 bridgehead atoms. The first-order valence-corrected chi connectivity index (χ1v) is 27.5. The van der Waals surface area contributed by atoms with E-state index in [1.807, 2.05) is 18.3 Å². The van der Waals surface area contributed by atoms with Crippen molar-refractivity contribution in [1.29, 1.82) is 0 Å². The number of phenols is 1. The molecule has 10 aromatic carbocycles. The molecule has 0 aliphatic carbocycles. The monoisotopic (exact) mass is 1220 g/mol. The van der Waals surface area contributed by atoms with E-state index < -0.39 is 0 Å². The second-order valence-corrected chi connectivity index (χ2v) is 22.6. The number of nitrogens with zero attached hydrogens (tertiary/aromatic N) is 3. The van der Waals surface area contributed by atoms with Gasteiger partial charge < -0.3 is 9.52 Å².